The minimum absolute atomic E-state index is 0.0851. The van der Waals surface area contributed by atoms with E-state index in [0.717, 1.165) is 6.54 Å². The van der Waals surface area contributed by atoms with Gasteiger partial charge in [0.2, 0.25) is 0 Å². The second-order valence-corrected chi connectivity index (χ2v) is 8.18. The van der Waals surface area contributed by atoms with Crippen molar-refractivity contribution in [2.75, 3.05) is 25.6 Å². The number of nitrogens with zero attached hydrogens (tertiary/aromatic N) is 1. The molecule has 1 aliphatic carbocycles. The van der Waals surface area contributed by atoms with Gasteiger partial charge in [0, 0.05) is 18.8 Å². The SMILES string of the molecule is CC1=CCC[C@H](C)[C@H]1CN(C)[C@@H](C)CS(C)(=O)=O. The molecule has 18 heavy (non-hydrogen) atoms. The monoisotopic (exact) mass is 273 g/mol. The highest BCUT2D eigenvalue weighted by Crippen LogP contribution is 2.30. The van der Waals surface area contributed by atoms with Gasteiger partial charge in [-0.2, -0.15) is 0 Å². The predicted molar refractivity (Wildman–Crippen MR) is 77.4 cm³/mol. The Hall–Kier alpha value is -0.350. The Balaban J connectivity index is 2.61. The molecule has 0 N–H and O–H groups in total. The molecule has 0 aromatic carbocycles. The quantitative estimate of drug-likeness (QED) is 0.722. The maximum Gasteiger partial charge on any atom is 0.148 e. The van der Waals surface area contributed by atoms with Crippen molar-refractivity contribution in [3.8, 4) is 0 Å². The first-order chi connectivity index (χ1) is 8.20. The zero-order valence-electron chi connectivity index (χ0n) is 12.3. The fourth-order valence-corrected chi connectivity index (χ4v) is 3.89. The Bertz CT molecular complexity index is 400. The van der Waals surface area contributed by atoms with Crippen LogP contribution in [0.1, 0.15) is 33.6 Å². The first-order valence-corrected chi connectivity index (χ1v) is 8.81. The van der Waals surface area contributed by atoms with Crippen molar-refractivity contribution in [2.24, 2.45) is 11.8 Å². The summed E-state index contributed by atoms with van der Waals surface area (Å²) >= 11 is 0. The molecule has 1 aliphatic rings. The lowest BCUT2D eigenvalue weighted by Crippen LogP contribution is -2.40. The highest BCUT2D eigenvalue weighted by Gasteiger charge is 2.25. The molecule has 0 radical (unpaired) electrons. The molecule has 0 amide bonds. The molecule has 3 atom stereocenters. The average molecular weight is 273 g/mol. The molecule has 1 rings (SSSR count). The largest absolute Gasteiger partial charge is 0.302 e. The van der Waals surface area contributed by atoms with Gasteiger partial charge in [-0.15, -0.1) is 0 Å². The van der Waals surface area contributed by atoms with Gasteiger partial charge in [0.25, 0.3) is 0 Å². The third kappa shape index (κ3) is 4.73. The Kier molecular flexibility index (Phi) is 5.41. The van der Waals surface area contributed by atoms with Crippen LogP contribution in [0.4, 0.5) is 0 Å². The summed E-state index contributed by atoms with van der Waals surface area (Å²) in [6, 6.07) is 0.0851. The molecule has 0 bridgehead atoms. The first-order valence-electron chi connectivity index (χ1n) is 6.75. The smallest absolute Gasteiger partial charge is 0.148 e. The van der Waals surface area contributed by atoms with E-state index in [2.05, 4.69) is 24.8 Å². The van der Waals surface area contributed by atoms with Crippen LogP contribution in [0.3, 0.4) is 0 Å². The van der Waals surface area contributed by atoms with Gasteiger partial charge in [-0.1, -0.05) is 18.6 Å². The Morgan fingerprint density at radius 1 is 1.50 bits per heavy atom. The van der Waals surface area contributed by atoms with E-state index in [4.69, 9.17) is 0 Å². The Morgan fingerprint density at radius 2 is 2.11 bits per heavy atom. The van der Waals surface area contributed by atoms with Crippen LogP contribution in [-0.4, -0.2) is 45.0 Å². The minimum Gasteiger partial charge on any atom is -0.302 e. The van der Waals surface area contributed by atoms with Crippen LogP contribution in [0, 0.1) is 11.8 Å². The van der Waals surface area contributed by atoms with E-state index in [1.807, 2.05) is 14.0 Å². The van der Waals surface area contributed by atoms with E-state index in [1.54, 1.807) is 0 Å². The van der Waals surface area contributed by atoms with Crippen molar-refractivity contribution in [3.05, 3.63) is 11.6 Å². The van der Waals surface area contributed by atoms with Gasteiger partial charge in [-0.3, -0.25) is 0 Å². The summed E-state index contributed by atoms with van der Waals surface area (Å²) in [5, 5.41) is 0. The fourth-order valence-electron chi connectivity index (χ4n) is 2.75. The molecule has 0 aliphatic heterocycles. The summed E-state index contributed by atoms with van der Waals surface area (Å²) in [5.74, 6) is 1.52. The van der Waals surface area contributed by atoms with Crippen molar-refractivity contribution in [1.29, 1.82) is 0 Å². The van der Waals surface area contributed by atoms with Gasteiger partial charge < -0.3 is 4.90 Å². The van der Waals surface area contributed by atoms with Gasteiger partial charge in [0.15, 0.2) is 0 Å². The van der Waals surface area contributed by atoms with E-state index >= 15 is 0 Å². The Morgan fingerprint density at radius 3 is 2.61 bits per heavy atom. The normalized spacial score (nSPS) is 27.1. The molecule has 0 saturated heterocycles. The molecule has 0 heterocycles. The molecule has 0 aromatic heterocycles. The van der Waals surface area contributed by atoms with Crippen LogP contribution < -0.4 is 0 Å². The molecular weight excluding hydrogens is 246 g/mol. The van der Waals surface area contributed by atoms with E-state index in [1.165, 1.54) is 24.7 Å². The number of hydrogen-bond donors (Lipinski definition) is 0. The van der Waals surface area contributed by atoms with Crippen molar-refractivity contribution in [3.63, 3.8) is 0 Å². The molecule has 4 heteroatoms. The van der Waals surface area contributed by atoms with Crippen LogP contribution in [0.2, 0.25) is 0 Å². The molecule has 3 nitrogen and oxygen atoms in total. The summed E-state index contributed by atoms with van der Waals surface area (Å²) in [6.07, 6.45) is 6.08. The highest BCUT2D eigenvalue weighted by atomic mass is 32.2. The number of allylic oxidation sites excluding steroid dienone is 1. The second kappa shape index (κ2) is 6.20. The van der Waals surface area contributed by atoms with Crippen molar-refractivity contribution in [2.45, 2.75) is 39.7 Å². The third-order valence-electron chi connectivity index (χ3n) is 4.14. The summed E-state index contributed by atoms with van der Waals surface area (Å²) in [5.41, 5.74) is 1.46. The van der Waals surface area contributed by atoms with Gasteiger partial charge >= 0.3 is 0 Å². The van der Waals surface area contributed by atoms with Crippen molar-refractivity contribution >= 4 is 9.84 Å². The van der Waals surface area contributed by atoms with E-state index in [0.29, 0.717) is 11.8 Å². The predicted octanol–water partition coefficient (Wildman–Crippen LogP) is 2.34. The lowest BCUT2D eigenvalue weighted by molar-refractivity contribution is 0.206. The van der Waals surface area contributed by atoms with Crippen LogP contribution in [0.25, 0.3) is 0 Å². The number of sulfone groups is 1. The van der Waals surface area contributed by atoms with Crippen LogP contribution in [0.15, 0.2) is 11.6 Å². The molecule has 0 unspecified atom stereocenters. The summed E-state index contributed by atoms with van der Waals surface area (Å²) in [4.78, 5) is 2.19. The standard InChI is InChI=1S/C14H27NO2S/c1-11-7-6-8-12(2)14(11)9-15(4)13(3)10-18(5,16)17/h7,12-14H,6,8-10H2,1-5H3/t12-,13-,14-/m0/s1. The number of hydrogen-bond acceptors (Lipinski definition) is 3. The molecule has 0 saturated carbocycles. The van der Waals surface area contributed by atoms with E-state index in [-0.39, 0.29) is 11.8 Å². The van der Waals surface area contributed by atoms with Crippen LogP contribution in [-0.2, 0) is 9.84 Å². The zero-order chi connectivity index (χ0) is 13.9. The van der Waals surface area contributed by atoms with Crippen molar-refractivity contribution < 1.29 is 8.42 Å². The maximum absolute atomic E-state index is 11.3. The van der Waals surface area contributed by atoms with Crippen molar-refractivity contribution in [1.82, 2.24) is 4.90 Å². The Labute approximate surface area is 112 Å². The molecule has 0 fully saturated rings. The molecule has 0 aromatic rings. The number of rotatable bonds is 5. The molecule has 0 spiro atoms. The summed E-state index contributed by atoms with van der Waals surface area (Å²) in [7, 11) is -0.860. The molecular formula is C14H27NO2S. The minimum atomic E-state index is -2.89. The lowest BCUT2D eigenvalue weighted by Gasteiger charge is -2.34. The summed E-state index contributed by atoms with van der Waals surface area (Å²) in [6.45, 7) is 7.46. The van der Waals surface area contributed by atoms with Gasteiger partial charge in [-0.25, -0.2) is 8.42 Å². The summed E-state index contributed by atoms with van der Waals surface area (Å²) < 4.78 is 22.7. The third-order valence-corrected chi connectivity index (χ3v) is 5.23. The zero-order valence-corrected chi connectivity index (χ0v) is 13.1. The second-order valence-electron chi connectivity index (χ2n) is 5.99. The van der Waals surface area contributed by atoms with Gasteiger partial charge in [-0.05, 0) is 45.6 Å². The molecule has 106 valence electrons. The first kappa shape index (κ1) is 15.7. The topological polar surface area (TPSA) is 37.4 Å². The highest BCUT2D eigenvalue weighted by molar-refractivity contribution is 7.90. The van der Waals surface area contributed by atoms with Crippen LogP contribution >= 0.6 is 0 Å². The average Bonchev–Trinajstić information content (AvgIpc) is 2.21. The fraction of sp³-hybridized carbons (Fsp3) is 0.857. The van der Waals surface area contributed by atoms with E-state index in [9.17, 15) is 8.42 Å². The van der Waals surface area contributed by atoms with Crippen LogP contribution in [0.5, 0.6) is 0 Å². The van der Waals surface area contributed by atoms with Gasteiger partial charge in [0.05, 0.1) is 5.75 Å². The van der Waals surface area contributed by atoms with E-state index < -0.39 is 9.84 Å². The van der Waals surface area contributed by atoms with Gasteiger partial charge in [0.1, 0.15) is 9.84 Å². The maximum atomic E-state index is 11.3. The lowest BCUT2D eigenvalue weighted by atomic mass is 9.80.